The van der Waals surface area contributed by atoms with Gasteiger partial charge in [-0.1, -0.05) is 0 Å². The predicted molar refractivity (Wildman–Crippen MR) is 31.3 cm³/mol. The molecule has 10 heteroatoms. The molecule has 0 atom stereocenters. The maximum absolute atomic E-state index is 12.0. The lowest BCUT2D eigenvalue weighted by atomic mass is 9.81. The first-order chi connectivity index (χ1) is 6.69. The van der Waals surface area contributed by atoms with Crippen molar-refractivity contribution < 1.29 is 44.3 Å². The molecule has 0 saturated carbocycles. The Bertz CT molecular complexity index is 244. The maximum Gasteiger partial charge on any atom is 0.419 e. The van der Waals surface area contributed by atoms with E-state index in [4.69, 9.17) is 0 Å². The highest BCUT2D eigenvalue weighted by Crippen LogP contribution is 2.59. The summed E-state index contributed by atoms with van der Waals surface area (Å²) in [7, 11) is 0. The van der Waals surface area contributed by atoms with Crippen LogP contribution in [0, 0.1) is 5.41 Å². The first kappa shape index (κ1) is 15.0. The molecule has 1 nitrogen and oxygen atoms in total. The second kappa shape index (κ2) is 3.52. The summed E-state index contributed by atoms with van der Waals surface area (Å²) in [5, 5.41) is 0. The summed E-state index contributed by atoms with van der Waals surface area (Å²) in [6, 6.07) is 0. The van der Waals surface area contributed by atoms with E-state index in [1.807, 2.05) is 0 Å². The molecule has 0 fully saturated rings. The van der Waals surface area contributed by atoms with Gasteiger partial charge in [0.15, 0.2) is 5.78 Å². The summed E-state index contributed by atoms with van der Waals surface area (Å²) < 4.78 is 108. The zero-order valence-corrected chi connectivity index (χ0v) is 7.31. The molecule has 0 bridgehead atoms. The number of carbonyl (C=O) groups excluding carboxylic acids is 1. The third kappa shape index (κ3) is 1.84. The molecule has 0 heterocycles. The van der Waals surface area contributed by atoms with Gasteiger partial charge in [0.25, 0.3) is 0 Å². The van der Waals surface area contributed by atoms with Gasteiger partial charge in [0.2, 0.25) is 0 Å². The molecular weight excluding hydrogens is 259 g/mol. The number of hydrogen-bond donors (Lipinski definition) is 0. The Labute approximate surface area is 82.2 Å². The fraction of sp³-hybridized carbons (Fsp3) is 0.833. The number of ketones is 1. The Kier molecular flexibility index (Phi) is 3.31. The Morgan fingerprint density at radius 2 is 0.875 bits per heavy atom. The van der Waals surface area contributed by atoms with E-state index in [1.54, 1.807) is 0 Å². The van der Waals surface area contributed by atoms with Crippen LogP contribution in [-0.2, 0) is 4.79 Å². The van der Waals surface area contributed by atoms with Crippen molar-refractivity contribution in [2.24, 2.45) is 5.41 Å². The summed E-state index contributed by atoms with van der Waals surface area (Å²) in [5.74, 6) is -3.07. The fourth-order valence-corrected chi connectivity index (χ4v) is 1.08. The highest BCUT2D eigenvalue weighted by Gasteiger charge is 2.86. The van der Waals surface area contributed by atoms with Crippen molar-refractivity contribution >= 4 is 5.78 Å². The highest BCUT2D eigenvalue weighted by atomic mass is 19.4. The first-order valence-corrected chi connectivity index (χ1v) is 3.40. The summed E-state index contributed by atoms with van der Waals surface area (Å²) >= 11 is 0. The Balaban J connectivity index is 6.17. The van der Waals surface area contributed by atoms with E-state index in [2.05, 4.69) is 0 Å². The van der Waals surface area contributed by atoms with Gasteiger partial charge in [0, 0.05) is 0 Å². The average Bonchev–Trinajstić information content (AvgIpc) is 1.71. The Morgan fingerprint density at radius 3 is 0.875 bits per heavy atom. The first-order valence-electron chi connectivity index (χ1n) is 3.40. The van der Waals surface area contributed by atoms with Crippen molar-refractivity contribution in [1.82, 2.24) is 0 Å². The van der Waals surface area contributed by atoms with Crippen LogP contribution in [0.25, 0.3) is 0 Å². The fourth-order valence-electron chi connectivity index (χ4n) is 1.08. The molecule has 0 aliphatic heterocycles. The number of alkyl halides is 9. The van der Waals surface area contributed by atoms with Crippen molar-refractivity contribution in [2.75, 3.05) is 0 Å². The van der Waals surface area contributed by atoms with Crippen molar-refractivity contribution in [3.63, 3.8) is 0 Å². The molecule has 0 aromatic rings. The molecule has 0 spiro atoms. The van der Waals surface area contributed by atoms with Gasteiger partial charge in [-0.3, -0.25) is 4.79 Å². The molecular formula is C6H3F9O. The van der Waals surface area contributed by atoms with E-state index < -0.39 is 36.7 Å². The molecule has 0 saturated heterocycles. The van der Waals surface area contributed by atoms with Crippen molar-refractivity contribution in [2.45, 2.75) is 25.5 Å². The van der Waals surface area contributed by atoms with E-state index in [0.29, 0.717) is 0 Å². The number of hydrogen-bond acceptors (Lipinski definition) is 1. The van der Waals surface area contributed by atoms with Gasteiger partial charge >= 0.3 is 23.9 Å². The minimum absolute atomic E-state index is 0.408. The van der Waals surface area contributed by atoms with Gasteiger partial charge in [0.05, 0.1) is 0 Å². The minimum Gasteiger partial charge on any atom is -0.298 e. The normalized spacial score (nSPS) is 15.1. The van der Waals surface area contributed by atoms with Crippen LogP contribution in [0.3, 0.4) is 0 Å². The van der Waals surface area contributed by atoms with Crippen LogP contribution in [0.1, 0.15) is 6.92 Å². The standard InChI is InChI=1S/C6H3F9O/c1-2(16)3(4(7,8)9,5(10,11)12)6(13,14)15/h1H3. The van der Waals surface area contributed by atoms with Crippen LogP contribution in [0.4, 0.5) is 39.5 Å². The van der Waals surface area contributed by atoms with Crippen LogP contribution < -0.4 is 0 Å². The monoisotopic (exact) mass is 262 g/mol. The molecule has 0 N–H and O–H groups in total. The number of Topliss-reactive ketones (excluding diaryl/α,β-unsaturated/α-hetero) is 1. The van der Waals surface area contributed by atoms with Gasteiger partial charge < -0.3 is 0 Å². The quantitative estimate of drug-likeness (QED) is 0.663. The lowest BCUT2D eigenvalue weighted by Gasteiger charge is -2.36. The zero-order valence-electron chi connectivity index (χ0n) is 7.31. The number of rotatable bonds is 1. The van der Waals surface area contributed by atoms with Gasteiger partial charge in [-0.2, -0.15) is 39.5 Å². The maximum atomic E-state index is 12.0. The average molecular weight is 262 g/mol. The largest absolute Gasteiger partial charge is 0.419 e. The second-order valence-electron chi connectivity index (χ2n) is 2.80. The molecule has 0 aromatic carbocycles. The molecule has 0 rings (SSSR count). The summed E-state index contributed by atoms with van der Waals surface area (Å²) in [6.07, 6.45) is -20.4. The van der Waals surface area contributed by atoms with Gasteiger partial charge in [-0.15, -0.1) is 0 Å². The molecule has 0 amide bonds. The zero-order chi connectivity index (χ0) is 13.6. The molecule has 0 unspecified atom stereocenters. The van der Waals surface area contributed by atoms with Crippen LogP contribution in [-0.4, -0.2) is 24.3 Å². The highest BCUT2D eigenvalue weighted by molar-refractivity contribution is 5.85. The topological polar surface area (TPSA) is 17.1 Å². The molecule has 0 radical (unpaired) electrons. The molecule has 16 heavy (non-hydrogen) atoms. The summed E-state index contributed by atoms with van der Waals surface area (Å²) in [4.78, 5) is 10.2. The molecule has 0 aliphatic carbocycles. The van der Waals surface area contributed by atoms with E-state index >= 15 is 0 Å². The van der Waals surface area contributed by atoms with Gasteiger partial charge in [-0.05, 0) is 6.92 Å². The minimum atomic E-state index is -6.80. The second-order valence-corrected chi connectivity index (χ2v) is 2.80. The SMILES string of the molecule is CC(=O)C(C(F)(F)F)(C(F)(F)F)C(F)(F)F. The third-order valence-electron chi connectivity index (χ3n) is 1.80. The van der Waals surface area contributed by atoms with E-state index in [9.17, 15) is 44.3 Å². The van der Waals surface area contributed by atoms with Crippen LogP contribution in [0.2, 0.25) is 0 Å². The predicted octanol–water partition coefficient (Wildman–Crippen LogP) is 3.25. The van der Waals surface area contributed by atoms with E-state index in [0.717, 1.165) is 0 Å². The van der Waals surface area contributed by atoms with Crippen molar-refractivity contribution in [3.05, 3.63) is 0 Å². The summed E-state index contributed by atoms with van der Waals surface area (Å²) in [6.45, 7) is -0.408. The van der Waals surface area contributed by atoms with Crippen LogP contribution >= 0.6 is 0 Å². The lowest BCUT2D eigenvalue weighted by Crippen LogP contribution is -2.63. The van der Waals surface area contributed by atoms with Crippen LogP contribution in [0.5, 0.6) is 0 Å². The molecule has 96 valence electrons. The van der Waals surface area contributed by atoms with Gasteiger partial charge in [-0.25, -0.2) is 0 Å². The smallest absolute Gasteiger partial charge is 0.298 e. The third-order valence-corrected chi connectivity index (χ3v) is 1.80. The molecule has 0 aliphatic rings. The Morgan fingerprint density at radius 1 is 0.688 bits per heavy atom. The van der Waals surface area contributed by atoms with Crippen molar-refractivity contribution in [1.29, 1.82) is 0 Å². The summed E-state index contributed by atoms with van der Waals surface area (Å²) in [5.41, 5.74) is -6.33. The lowest BCUT2D eigenvalue weighted by molar-refractivity contribution is -0.405. The van der Waals surface area contributed by atoms with Crippen LogP contribution in [0.15, 0.2) is 0 Å². The van der Waals surface area contributed by atoms with E-state index in [1.165, 1.54) is 0 Å². The van der Waals surface area contributed by atoms with Gasteiger partial charge in [0.1, 0.15) is 0 Å². The Hall–Kier alpha value is -0.960. The van der Waals surface area contributed by atoms with Crippen molar-refractivity contribution in [3.8, 4) is 0 Å². The molecule has 0 aromatic heterocycles. The number of halogens is 9. The number of carbonyl (C=O) groups is 1. The van der Waals surface area contributed by atoms with E-state index in [-0.39, 0.29) is 0 Å².